The van der Waals surface area contributed by atoms with Gasteiger partial charge in [0.05, 0.1) is 0 Å². The molecule has 0 aromatic heterocycles. The molecule has 0 heterocycles. The minimum atomic E-state index is -0.0238. The lowest BCUT2D eigenvalue weighted by molar-refractivity contribution is -0.131. The predicted molar refractivity (Wildman–Crippen MR) is 82.1 cm³/mol. The Kier molecular flexibility index (Phi) is 9.88. The molecule has 0 aromatic carbocycles. The van der Waals surface area contributed by atoms with Gasteiger partial charge in [0.25, 0.3) is 0 Å². The number of rotatable bonds is 10. The number of nitrogens with two attached hydrogens (primary N) is 1. The summed E-state index contributed by atoms with van der Waals surface area (Å²) >= 11 is 0. The van der Waals surface area contributed by atoms with Crippen LogP contribution in [-0.2, 0) is 4.79 Å². The highest BCUT2D eigenvalue weighted by atomic mass is 16.2. The highest BCUT2D eigenvalue weighted by Gasteiger charge is 2.17. The summed E-state index contributed by atoms with van der Waals surface area (Å²) in [5.41, 5.74) is 5.97. The molecule has 2 N–H and O–H groups in total. The third-order valence-corrected chi connectivity index (χ3v) is 3.80. The zero-order chi connectivity index (χ0) is 14.8. The Labute approximate surface area is 119 Å². The second kappa shape index (κ2) is 10.2. The molecule has 0 radical (unpaired) electrons. The number of carbonyl (C=O) groups excluding carboxylic acids is 1. The lowest BCUT2D eigenvalue weighted by Crippen LogP contribution is -2.39. The number of amides is 1. The van der Waals surface area contributed by atoms with E-state index in [4.69, 9.17) is 5.73 Å². The molecule has 0 aliphatic rings. The van der Waals surface area contributed by atoms with Crippen LogP contribution in [0.15, 0.2) is 0 Å². The van der Waals surface area contributed by atoms with Crippen LogP contribution in [0.1, 0.15) is 47.5 Å². The van der Waals surface area contributed by atoms with E-state index >= 15 is 0 Å². The maximum absolute atomic E-state index is 12.1. The third-order valence-electron chi connectivity index (χ3n) is 3.80. The SMILES string of the molecule is CCN(CC)CCCN(CC)C(=O)CC(N)C(C)C. The van der Waals surface area contributed by atoms with E-state index in [0.29, 0.717) is 12.3 Å². The first kappa shape index (κ1) is 18.4. The maximum Gasteiger partial charge on any atom is 0.224 e. The molecule has 0 aliphatic heterocycles. The maximum atomic E-state index is 12.1. The van der Waals surface area contributed by atoms with Gasteiger partial charge in [0.2, 0.25) is 5.91 Å². The molecule has 114 valence electrons. The molecule has 1 amide bonds. The molecular formula is C15H33N3O. The van der Waals surface area contributed by atoms with Gasteiger partial charge in [-0.15, -0.1) is 0 Å². The Morgan fingerprint density at radius 3 is 2.05 bits per heavy atom. The number of nitrogens with zero attached hydrogens (tertiary/aromatic N) is 2. The second-order valence-corrected chi connectivity index (χ2v) is 5.47. The summed E-state index contributed by atoms with van der Waals surface area (Å²) < 4.78 is 0. The number of hydrogen-bond donors (Lipinski definition) is 1. The number of carbonyl (C=O) groups is 1. The van der Waals surface area contributed by atoms with Crippen molar-refractivity contribution in [1.29, 1.82) is 0 Å². The zero-order valence-corrected chi connectivity index (χ0v) is 13.5. The minimum Gasteiger partial charge on any atom is -0.343 e. The van der Waals surface area contributed by atoms with Gasteiger partial charge >= 0.3 is 0 Å². The van der Waals surface area contributed by atoms with E-state index in [9.17, 15) is 4.79 Å². The Morgan fingerprint density at radius 2 is 1.63 bits per heavy atom. The fraction of sp³-hybridized carbons (Fsp3) is 0.933. The van der Waals surface area contributed by atoms with Crippen molar-refractivity contribution in [3.63, 3.8) is 0 Å². The van der Waals surface area contributed by atoms with Crippen LogP contribution < -0.4 is 5.73 Å². The van der Waals surface area contributed by atoms with Gasteiger partial charge in [0.1, 0.15) is 0 Å². The molecule has 0 saturated carbocycles. The van der Waals surface area contributed by atoms with E-state index in [1.54, 1.807) is 0 Å². The van der Waals surface area contributed by atoms with E-state index in [1.165, 1.54) is 0 Å². The van der Waals surface area contributed by atoms with E-state index in [2.05, 4.69) is 32.6 Å². The van der Waals surface area contributed by atoms with Gasteiger partial charge in [-0.25, -0.2) is 0 Å². The largest absolute Gasteiger partial charge is 0.343 e. The summed E-state index contributed by atoms with van der Waals surface area (Å²) in [6, 6.07) is -0.0238. The monoisotopic (exact) mass is 271 g/mol. The molecule has 0 saturated heterocycles. The summed E-state index contributed by atoms with van der Waals surface area (Å²) in [6.45, 7) is 15.4. The standard InChI is InChI=1S/C15H33N3O/c1-6-17(7-2)10-9-11-18(8-3)15(19)12-14(16)13(4)5/h13-14H,6-12,16H2,1-5H3. The molecule has 4 heteroatoms. The van der Waals surface area contributed by atoms with Crippen molar-refractivity contribution in [2.75, 3.05) is 32.7 Å². The van der Waals surface area contributed by atoms with Gasteiger partial charge < -0.3 is 15.5 Å². The van der Waals surface area contributed by atoms with E-state index in [1.807, 2.05) is 11.8 Å². The summed E-state index contributed by atoms with van der Waals surface area (Å²) in [5.74, 6) is 0.557. The van der Waals surface area contributed by atoms with E-state index in [-0.39, 0.29) is 11.9 Å². The first-order valence-corrected chi connectivity index (χ1v) is 7.71. The van der Waals surface area contributed by atoms with Gasteiger partial charge in [-0.1, -0.05) is 27.7 Å². The van der Waals surface area contributed by atoms with Crippen molar-refractivity contribution < 1.29 is 4.79 Å². The van der Waals surface area contributed by atoms with Crippen LogP contribution in [0.4, 0.5) is 0 Å². The fourth-order valence-electron chi connectivity index (χ4n) is 2.05. The average Bonchev–Trinajstić information content (AvgIpc) is 2.38. The summed E-state index contributed by atoms with van der Waals surface area (Å²) in [4.78, 5) is 16.5. The molecule has 0 spiro atoms. The van der Waals surface area contributed by atoms with Crippen LogP contribution in [0.3, 0.4) is 0 Å². The predicted octanol–water partition coefficient (Wildman–Crippen LogP) is 1.94. The van der Waals surface area contributed by atoms with Gasteiger partial charge in [-0.05, 0) is 38.9 Å². The molecule has 0 rings (SSSR count). The number of hydrogen-bond acceptors (Lipinski definition) is 3. The van der Waals surface area contributed by atoms with Gasteiger partial charge in [0.15, 0.2) is 0 Å². The van der Waals surface area contributed by atoms with Crippen LogP contribution in [0.25, 0.3) is 0 Å². The molecule has 1 unspecified atom stereocenters. The molecule has 0 fully saturated rings. The second-order valence-electron chi connectivity index (χ2n) is 5.47. The Bertz CT molecular complexity index is 240. The highest BCUT2D eigenvalue weighted by molar-refractivity contribution is 5.76. The van der Waals surface area contributed by atoms with Gasteiger partial charge in [0, 0.05) is 25.6 Å². The van der Waals surface area contributed by atoms with Crippen LogP contribution >= 0.6 is 0 Å². The van der Waals surface area contributed by atoms with Crippen LogP contribution in [0.2, 0.25) is 0 Å². The van der Waals surface area contributed by atoms with Crippen LogP contribution in [0.5, 0.6) is 0 Å². The van der Waals surface area contributed by atoms with E-state index in [0.717, 1.165) is 39.1 Å². The smallest absolute Gasteiger partial charge is 0.224 e. The minimum absolute atomic E-state index is 0.0238. The molecule has 0 aliphatic carbocycles. The first-order chi connectivity index (χ1) is 8.96. The Balaban J connectivity index is 4.09. The van der Waals surface area contributed by atoms with Gasteiger partial charge in [-0.3, -0.25) is 4.79 Å². The van der Waals surface area contributed by atoms with Crippen molar-refractivity contribution in [1.82, 2.24) is 9.80 Å². The van der Waals surface area contributed by atoms with Crippen molar-refractivity contribution in [2.24, 2.45) is 11.7 Å². The van der Waals surface area contributed by atoms with E-state index < -0.39 is 0 Å². The first-order valence-electron chi connectivity index (χ1n) is 7.71. The Hall–Kier alpha value is -0.610. The van der Waals surface area contributed by atoms with Gasteiger partial charge in [-0.2, -0.15) is 0 Å². The summed E-state index contributed by atoms with van der Waals surface area (Å²) in [6.07, 6.45) is 1.51. The quantitative estimate of drug-likeness (QED) is 0.660. The molecule has 19 heavy (non-hydrogen) atoms. The molecular weight excluding hydrogens is 238 g/mol. The van der Waals surface area contributed by atoms with Crippen LogP contribution in [0, 0.1) is 5.92 Å². The fourth-order valence-corrected chi connectivity index (χ4v) is 2.05. The van der Waals surface area contributed by atoms with Crippen molar-refractivity contribution >= 4 is 5.91 Å². The van der Waals surface area contributed by atoms with Crippen molar-refractivity contribution in [3.8, 4) is 0 Å². The highest BCUT2D eigenvalue weighted by Crippen LogP contribution is 2.06. The average molecular weight is 271 g/mol. The zero-order valence-electron chi connectivity index (χ0n) is 13.5. The topological polar surface area (TPSA) is 49.6 Å². The molecule has 4 nitrogen and oxygen atoms in total. The van der Waals surface area contributed by atoms with Crippen molar-refractivity contribution in [2.45, 2.75) is 53.5 Å². The normalized spacial score (nSPS) is 13.1. The Morgan fingerprint density at radius 1 is 1.05 bits per heavy atom. The third kappa shape index (κ3) is 7.53. The summed E-state index contributed by atoms with van der Waals surface area (Å²) in [7, 11) is 0. The molecule has 1 atom stereocenters. The van der Waals surface area contributed by atoms with Crippen molar-refractivity contribution in [3.05, 3.63) is 0 Å². The summed E-state index contributed by atoms with van der Waals surface area (Å²) in [5, 5.41) is 0. The lowest BCUT2D eigenvalue weighted by Gasteiger charge is -2.25. The molecule has 0 bridgehead atoms. The molecule has 0 aromatic rings. The van der Waals surface area contributed by atoms with Crippen LogP contribution in [-0.4, -0.2) is 54.5 Å². The lowest BCUT2D eigenvalue weighted by atomic mass is 10.0.